The number of hydrogen-bond donors (Lipinski definition) is 0. The second kappa shape index (κ2) is 9.41. The standard InChI is InChI=1S/C26H32ClN7S/c1-6-21-24(31(5)25-29-23(30-35-25)18-7-9-19(27)10-8-18)34-17-20(11-12-22(34)28-21)32-13-15-33(16-14-32)26(2,3)4/h7-12,17H,6,13-16H2,1-5H3. The minimum atomic E-state index is 0.207. The highest BCUT2D eigenvalue weighted by atomic mass is 35.5. The summed E-state index contributed by atoms with van der Waals surface area (Å²) in [6.07, 6.45) is 3.06. The Kier molecular flexibility index (Phi) is 6.46. The van der Waals surface area contributed by atoms with E-state index in [2.05, 4.69) is 69.5 Å². The Balaban J connectivity index is 1.45. The SMILES string of the molecule is CCc1nc2ccc(N3CCN(C(C)(C)C)CC3)cn2c1N(C)c1nc(-c2ccc(Cl)cc2)ns1. The van der Waals surface area contributed by atoms with Crippen molar-refractivity contribution in [1.29, 1.82) is 0 Å². The number of aromatic nitrogens is 4. The first-order chi connectivity index (χ1) is 16.7. The van der Waals surface area contributed by atoms with Crippen LogP contribution in [0.15, 0.2) is 42.6 Å². The molecule has 1 saturated heterocycles. The molecule has 0 unspecified atom stereocenters. The van der Waals surface area contributed by atoms with Crippen molar-refractivity contribution in [2.24, 2.45) is 0 Å². The number of piperazine rings is 1. The Bertz CT molecular complexity index is 1310. The lowest BCUT2D eigenvalue weighted by Crippen LogP contribution is -2.53. The van der Waals surface area contributed by atoms with Gasteiger partial charge < -0.3 is 9.80 Å². The molecular weight excluding hydrogens is 478 g/mol. The van der Waals surface area contributed by atoms with Gasteiger partial charge in [-0.2, -0.15) is 9.36 Å². The summed E-state index contributed by atoms with van der Waals surface area (Å²) in [5.74, 6) is 1.74. The monoisotopic (exact) mass is 509 g/mol. The first-order valence-corrected chi connectivity index (χ1v) is 13.2. The summed E-state index contributed by atoms with van der Waals surface area (Å²) >= 11 is 7.44. The maximum atomic E-state index is 6.05. The topological polar surface area (TPSA) is 52.8 Å². The van der Waals surface area contributed by atoms with Crippen molar-refractivity contribution in [2.45, 2.75) is 39.7 Å². The summed E-state index contributed by atoms with van der Waals surface area (Å²) in [4.78, 5) is 16.9. The van der Waals surface area contributed by atoms with Crippen LogP contribution >= 0.6 is 23.1 Å². The maximum Gasteiger partial charge on any atom is 0.210 e. The van der Waals surface area contributed by atoms with Crippen LogP contribution in [-0.4, -0.2) is 62.4 Å². The molecule has 1 fully saturated rings. The van der Waals surface area contributed by atoms with Gasteiger partial charge in [-0.25, -0.2) is 4.98 Å². The van der Waals surface area contributed by atoms with Gasteiger partial charge in [-0.15, -0.1) is 0 Å². The number of benzene rings is 1. The van der Waals surface area contributed by atoms with E-state index >= 15 is 0 Å². The predicted octanol–water partition coefficient (Wildman–Crippen LogP) is 5.76. The highest BCUT2D eigenvalue weighted by Crippen LogP contribution is 2.33. The van der Waals surface area contributed by atoms with E-state index in [4.69, 9.17) is 21.6 Å². The Labute approximate surface area is 216 Å². The summed E-state index contributed by atoms with van der Waals surface area (Å²) in [5, 5.41) is 1.53. The third kappa shape index (κ3) is 4.75. The number of pyridine rings is 1. The molecule has 1 aromatic carbocycles. The quantitative estimate of drug-likeness (QED) is 0.341. The minimum absolute atomic E-state index is 0.207. The van der Waals surface area contributed by atoms with E-state index in [0.717, 1.165) is 60.5 Å². The van der Waals surface area contributed by atoms with Crippen LogP contribution in [0.3, 0.4) is 0 Å². The molecule has 0 radical (unpaired) electrons. The Morgan fingerprint density at radius 3 is 2.37 bits per heavy atom. The second-order valence-electron chi connectivity index (χ2n) is 9.96. The number of imidazole rings is 1. The van der Waals surface area contributed by atoms with Crippen molar-refractivity contribution in [3.63, 3.8) is 0 Å². The van der Waals surface area contributed by atoms with Crippen molar-refractivity contribution < 1.29 is 0 Å². The maximum absolute atomic E-state index is 6.05. The number of rotatable bonds is 5. The first-order valence-electron chi connectivity index (χ1n) is 12.1. The summed E-state index contributed by atoms with van der Waals surface area (Å²) in [6, 6.07) is 12.0. The lowest BCUT2D eigenvalue weighted by molar-refractivity contribution is 0.128. The fourth-order valence-electron chi connectivity index (χ4n) is 4.64. The first kappa shape index (κ1) is 24.0. The third-order valence-electron chi connectivity index (χ3n) is 6.70. The second-order valence-corrected chi connectivity index (χ2v) is 11.1. The lowest BCUT2D eigenvalue weighted by atomic mass is 10.0. The molecule has 3 aromatic heterocycles. The van der Waals surface area contributed by atoms with Gasteiger partial charge in [-0.05, 0) is 63.6 Å². The van der Waals surface area contributed by atoms with Gasteiger partial charge in [-0.1, -0.05) is 18.5 Å². The van der Waals surface area contributed by atoms with Crippen LogP contribution in [0.25, 0.3) is 17.0 Å². The minimum Gasteiger partial charge on any atom is -0.368 e. The fourth-order valence-corrected chi connectivity index (χ4v) is 5.42. The molecule has 1 aliphatic heterocycles. The molecule has 0 spiro atoms. The van der Waals surface area contributed by atoms with Crippen LogP contribution in [-0.2, 0) is 6.42 Å². The number of nitrogens with zero attached hydrogens (tertiary/aromatic N) is 7. The van der Waals surface area contributed by atoms with Crippen molar-refractivity contribution in [3.05, 3.63) is 53.3 Å². The number of halogens is 1. The van der Waals surface area contributed by atoms with Gasteiger partial charge >= 0.3 is 0 Å². The molecule has 184 valence electrons. The highest BCUT2D eigenvalue weighted by molar-refractivity contribution is 7.10. The van der Waals surface area contributed by atoms with E-state index in [1.54, 1.807) is 0 Å². The largest absolute Gasteiger partial charge is 0.368 e. The summed E-state index contributed by atoms with van der Waals surface area (Å²) in [6.45, 7) is 13.2. The molecule has 35 heavy (non-hydrogen) atoms. The van der Waals surface area contributed by atoms with E-state index < -0.39 is 0 Å². The van der Waals surface area contributed by atoms with Crippen LogP contribution in [0.4, 0.5) is 16.6 Å². The van der Waals surface area contributed by atoms with E-state index in [9.17, 15) is 0 Å². The number of fused-ring (bicyclic) bond motifs is 1. The van der Waals surface area contributed by atoms with Crippen molar-refractivity contribution in [1.82, 2.24) is 23.6 Å². The number of aryl methyl sites for hydroxylation is 1. The molecule has 0 N–H and O–H groups in total. The average molecular weight is 510 g/mol. The van der Waals surface area contributed by atoms with Gasteiger partial charge in [-0.3, -0.25) is 9.30 Å². The van der Waals surface area contributed by atoms with E-state index in [1.807, 2.05) is 31.3 Å². The molecule has 7 nitrogen and oxygen atoms in total. The summed E-state index contributed by atoms with van der Waals surface area (Å²) < 4.78 is 6.81. The zero-order valence-corrected chi connectivity index (χ0v) is 22.6. The number of anilines is 3. The molecule has 4 heterocycles. The van der Waals surface area contributed by atoms with Gasteiger partial charge in [0.15, 0.2) is 5.82 Å². The van der Waals surface area contributed by atoms with E-state index in [-0.39, 0.29) is 5.54 Å². The average Bonchev–Trinajstić information content (AvgIpc) is 3.48. The molecule has 0 amide bonds. The van der Waals surface area contributed by atoms with Gasteiger partial charge in [0, 0.05) is 67.1 Å². The van der Waals surface area contributed by atoms with Gasteiger partial charge in [0.2, 0.25) is 5.13 Å². The Hall–Kier alpha value is -2.68. The van der Waals surface area contributed by atoms with Crippen molar-refractivity contribution in [2.75, 3.05) is 43.0 Å². The van der Waals surface area contributed by atoms with Crippen LogP contribution in [0.5, 0.6) is 0 Å². The van der Waals surface area contributed by atoms with Gasteiger partial charge in [0.1, 0.15) is 11.5 Å². The molecule has 0 aliphatic carbocycles. The normalized spacial score (nSPS) is 15.2. The van der Waals surface area contributed by atoms with Crippen LogP contribution in [0, 0.1) is 0 Å². The summed E-state index contributed by atoms with van der Waals surface area (Å²) in [7, 11) is 2.05. The number of hydrogen-bond acceptors (Lipinski definition) is 7. The fraction of sp³-hybridized carbons (Fsp3) is 0.423. The summed E-state index contributed by atoms with van der Waals surface area (Å²) in [5.41, 5.74) is 4.38. The predicted molar refractivity (Wildman–Crippen MR) is 147 cm³/mol. The van der Waals surface area contributed by atoms with Crippen LogP contribution < -0.4 is 9.80 Å². The molecule has 0 bridgehead atoms. The Morgan fingerprint density at radius 2 is 1.71 bits per heavy atom. The van der Waals surface area contributed by atoms with Crippen molar-refractivity contribution in [3.8, 4) is 11.4 Å². The third-order valence-corrected chi connectivity index (χ3v) is 7.74. The molecule has 9 heteroatoms. The molecule has 5 rings (SSSR count). The zero-order valence-electron chi connectivity index (χ0n) is 21.0. The van der Waals surface area contributed by atoms with E-state index in [0.29, 0.717) is 10.8 Å². The molecule has 1 aliphatic rings. The van der Waals surface area contributed by atoms with Gasteiger partial charge in [0.25, 0.3) is 0 Å². The lowest BCUT2D eigenvalue weighted by Gasteiger charge is -2.43. The van der Waals surface area contributed by atoms with Crippen LogP contribution in [0.2, 0.25) is 5.02 Å². The Morgan fingerprint density at radius 1 is 1.00 bits per heavy atom. The molecular formula is C26H32ClN7S. The smallest absolute Gasteiger partial charge is 0.210 e. The van der Waals surface area contributed by atoms with Gasteiger partial charge in [0.05, 0.1) is 11.4 Å². The molecule has 0 saturated carbocycles. The van der Waals surface area contributed by atoms with Crippen molar-refractivity contribution >= 4 is 45.4 Å². The molecule has 4 aromatic rings. The van der Waals surface area contributed by atoms with E-state index in [1.165, 1.54) is 17.2 Å². The zero-order chi connectivity index (χ0) is 24.7. The van der Waals surface area contributed by atoms with Crippen LogP contribution in [0.1, 0.15) is 33.4 Å². The highest BCUT2D eigenvalue weighted by Gasteiger charge is 2.26. The molecule has 0 atom stereocenters.